The number of anilines is 1. The maximum absolute atomic E-state index is 12.4. The van der Waals surface area contributed by atoms with Crippen LogP contribution in [0.3, 0.4) is 0 Å². The molecular formula is C21H21Cl2N3O. The van der Waals surface area contributed by atoms with Gasteiger partial charge in [-0.2, -0.15) is 5.10 Å². The van der Waals surface area contributed by atoms with E-state index in [2.05, 4.69) is 18.8 Å². The number of allylic oxidation sites excluding steroid dienone is 1. The first-order valence-electron chi connectivity index (χ1n) is 8.66. The highest BCUT2D eigenvalue weighted by molar-refractivity contribution is 6.31. The van der Waals surface area contributed by atoms with Gasteiger partial charge in [-0.15, -0.1) is 6.58 Å². The van der Waals surface area contributed by atoms with Gasteiger partial charge in [0.1, 0.15) is 6.54 Å². The van der Waals surface area contributed by atoms with Crippen LogP contribution < -0.4 is 5.32 Å². The Kier molecular flexibility index (Phi) is 5.88. The Morgan fingerprint density at radius 3 is 2.37 bits per heavy atom. The molecule has 2 aromatic rings. The highest BCUT2D eigenvalue weighted by Crippen LogP contribution is 2.34. The van der Waals surface area contributed by atoms with Crippen molar-refractivity contribution >= 4 is 40.5 Å². The van der Waals surface area contributed by atoms with Crippen molar-refractivity contribution in [2.24, 2.45) is 10.5 Å². The Balaban J connectivity index is 1.75. The summed E-state index contributed by atoms with van der Waals surface area (Å²) in [5.74, 6) is -0.126. The third-order valence-electron chi connectivity index (χ3n) is 4.51. The number of carbonyl (C=O) groups excluding carboxylic acids is 1. The first-order chi connectivity index (χ1) is 12.9. The molecule has 1 N–H and O–H groups in total. The molecule has 1 heterocycles. The van der Waals surface area contributed by atoms with Crippen LogP contribution in [0.2, 0.25) is 10.0 Å². The van der Waals surface area contributed by atoms with Gasteiger partial charge in [-0.1, -0.05) is 48.3 Å². The number of rotatable bonds is 6. The molecule has 1 aliphatic rings. The maximum atomic E-state index is 12.4. The van der Waals surface area contributed by atoms with Gasteiger partial charge in [0, 0.05) is 27.7 Å². The van der Waals surface area contributed by atoms with Crippen LogP contribution in [0.1, 0.15) is 18.9 Å². The summed E-state index contributed by atoms with van der Waals surface area (Å²) in [5, 5.41) is 10.7. The van der Waals surface area contributed by atoms with E-state index in [0.29, 0.717) is 22.3 Å². The van der Waals surface area contributed by atoms with E-state index in [4.69, 9.17) is 28.3 Å². The Morgan fingerprint density at radius 2 is 1.78 bits per heavy atom. The van der Waals surface area contributed by atoms with E-state index in [9.17, 15) is 4.79 Å². The minimum Gasteiger partial charge on any atom is -0.324 e. The second kappa shape index (κ2) is 8.15. The largest absolute Gasteiger partial charge is 0.324 e. The molecule has 1 atom stereocenters. The third-order valence-corrected chi connectivity index (χ3v) is 5.02. The molecule has 3 rings (SSSR count). The fraction of sp³-hybridized carbons (Fsp3) is 0.238. The van der Waals surface area contributed by atoms with Crippen molar-refractivity contribution in [2.45, 2.75) is 13.3 Å². The van der Waals surface area contributed by atoms with E-state index in [-0.39, 0.29) is 17.9 Å². The second-order valence-corrected chi connectivity index (χ2v) is 7.76. The summed E-state index contributed by atoms with van der Waals surface area (Å²) in [4.78, 5) is 12.4. The van der Waals surface area contributed by atoms with E-state index >= 15 is 0 Å². The van der Waals surface area contributed by atoms with Crippen LogP contribution in [-0.2, 0) is 4.79 Å². The molecule has 0 aliphatic carbocycles. The first kappa shape index (κ1) is 19.5. The number of hydrogen-bond acceptors (Lipinski definition) is 3. The zero-order valence-corrected chi connectivity index (χ0v) is 16.6. The number of halogens is 2. The Labute approximate surface area is 169 Å². The van der Waals surface area contributed by atoms with Crippen molar-refractivity contribution < 1.29 is 4.79 Å². The van der Waals surface area contributed by atoms with Crippen molar-refractivity contribution in [1.82, 2.24) is 5.01 Å². The SMILES string of the molecule is C=CCC1(C)CN(CC(=O)Nc2ccc(Cl)cc2)N=C1c1ccc(Cl)cc1. The minimum absolute atomic E-state index is 0.126. The number of carbonyl (C=O) groups is 1. The molecule has 0 aromatic heterocycles. The number of amides is 1. The highest BCUT2D eigenvalue weighted by atomic mass is 35.5. The Morgan fingerprint density at radius 1 is 1.19 bits per heavy atom. The van der Waals surface area contributed by atoms with Gasteiger partial charge in [0.25, 0.3) is 0 Å². The van der Waals surface area contributed by atoms with Gasteiger partial charge in [-0.25, -0.2) is 0 Å². The number of hydrazone groups is 1. The Bertz CT molecular complexity index is 862. The van der Waals surface area contributed by atoms with E-state index in [1.54, 1.807) is 29.3 Å². The molecule has 0 spiro atoms. The standard InChI is InChI=1S/C21H21Cl2N3O/c1-3-12-21(2)14-26(25-20(21)15-4-6-16(22)7-5-15)13-19(27)24-18-10-8-17(23)9-11-18/h3-11H,1,12-14H2,2H3,(H,24,27). The van der Waals surface area contributed by atoms with Crippen LogP contribution in [0.4, 0.5) is 5.69 Å². The summed E-state index contributed by atoms with van der Waals surface area (Å²) in [5.41, 5.74) is 2.44. The van der Waals surface area contributed by atoms with Crippen molar-refractivity contribution in [3.63, 3.8) is 0 Å². The number of benzene rings is 2. The molecule has 140 valence electrons. The molecule has 1 aliphatic heterocycles. The van der Waals surface area contributed by atoms with Crippen molar-refractivity contribution in [2.75, 3.05) is 18.4 Å². The Hall–Kier alpha value is -2.30. The molecule has 0 saturated carbocycles. The van der Waals surface area contributed by atoms with Gasteiger partial charge in [0.15, 0.2) is 0 Å². The van der Waals surface area contributed by atoms with Crippen LogP contribution in [0, 0.1) is 5.41 Å². The van der Waals surface area contributed by atoms with Crippen LogP contribution in [-0.4, -0.2) is 29.7 Å². The van der Waals surface area contributed by atoms with E-state index < -0.39 is 0 Å². The fourth-order valence-electron chi connectivity index (χ4n) is 3.26. The smallest absolute Gasteiger partial charge is 0.245 e. The van der Waals surface area contributed by atoms with Crippen LogP contribution in [0.15, 0.2) is 66.3 Å². The summed E-state index contributed by atoms with van der Waals surface area (Å²) >= 11 is 11.9. The van der Waals surface area contributed by atoms with Gasteiger partial charge in [-0.05, 0) is 48.4 Å². The number of hydrogen-bond donors (Lipinski definition) is 1. The zero-order valence-electron chi connectivity index (χ0n) is 15.1. The van der Waals surface area contributed by atoms with Gasteiger partial charge in [0.2, 0.25) is 5.91 Å². The lowest BCUT2D eigenvalue weighted by atomic mass is 9.79. The van der Waals surface area contributed by atoms with Crippen LogP contribution in [0.25, 0.3) is 0 Å². The highest BCUT2D eigenvalue weighted by Gasteiger charge is 2.38. The van der Waals surface area contributed by atoms with Gasteiger partial charge >= 0.3 is 0 Å². The van der Waals surface area contributed by atoms with E-state index in [1.165, 1.54) is 0 Å². The maximum Gasteiger partial charge on any atom is 0.245 e. The van der Waals surface area contributed by atoms with Gasteiger partial charge in [-0.3, -0.25) is 9.80 Å². The minimum atomic E-state index is -0.212. The molecule has 0 bridgehead atoms. The molecule has 4 nitrogen and oxygen atoms in total. The van der Waals surface area contributed by atoms with Gasteiger partial charge < -0.3 is 5.32 Å². The predicted molar refractivity (Wildman–Crippen MR) is 113 cm³/mol. The summed E-state index contributed by atoms with van der Waals surface area (Å²) in [6.45, 7) is 6.83. The van der Waals surface area contributed by atoms with Crippen LogP contribution >= 0.6 is 23.2 Å². The van der Waals surface area contributed by atoms with Crippen molar-refractivity contribution in [3.05, 3.63) is 76.8 Å². The van der Waals surface area contributed by atoms with Crippen LogP contribution in [0.5, 0.6) is 0 Å². The predicted octanol–water partition coefficient (Wildman–Crippen LogP) is 5.23. The average molecular weight is 402 g/mol. The normalized spacial score (nSPS) is 18.9. The van der Waals surface area contributed by atoms with Crippen molar-refractivity contribution in [3.8, 4) is 0 Å². The average Bonchev–Trinajstić information content (AvgIpc) is 2.94. The second-order valence-electron chi connectivity index (χ2n) is 6.89. The number of nitrogens with one attached hydrogen (secondary N) is 1. The van der Waals surface area contributed by atoms with Crippen molar-refractivity contribution in [1.29, 1.82) is 0 Å². The fourth-order valence-corrected chi connectivity index (χ4v) is 3.51. The molecular weight excluding hydrogens is 381 g/mol. The third kappa shape index (κ3) is 4.71. The summed E-state index contributed by atoms with van der Waals surface area (Å²) in [6.07, 6.45) is 2.66. The topological polar surface area (TPSA) is 44.7 Å². The lowest BCUT2D eigenvalue weighted by Crippen LogP contribution is -2.34. The molecule has 6 heteroatoms. The van der Waals surface area contributed by atoms with E-state index in [0.717, 1.165) is 17.7 Å². The molecule has 1 unspecified atom stereocenters. The first-order valence-corrected chi connectivity index (χ1v) is 9.41. The number of nitrogens with zero attached hydrogens (tertiary/aromatic N) is 2. The lowest BCUT2D eigenvalue weighted by Gasteiger charge is -2.25. The lowest BCUT2D eigenvalue weighted by molar-refractivity contribution is -0.117. The summed E-state index contributed by atoms with van der Waals surface area (Å²) < 4.78 is 0. The molecule has 0 fully saturated rings. The molecule has 27 heavy (non-hydrogen) atoms. The van der Waals surface area contributed by atoms with Gasteiger partial charge in [0.05, 0.1) is 5.71 Å². The summed E-state index contributed by atoms with van der Waals surface area (Å²) in [6, 6.07) is 14.6. The molecule has 0 radical (unpaired) electrons. The summed E-state index contributed by atoms with van der Waals surface area (Å²) in [7, 11) is 0. The molecule has 0 saturated heterocycles. The quantitative estimate of drug-likeness (QED) is 0.672. The molecule has 1 amide bonds. The van der Waals surface area contributed by atoms with E-state index in [1.807, 2.05) is 30.3 Å². The zero-order chi connectivity index (χ0) is 19.4. The molecule has 2 aromatic carbocycles. The monoisotopic (exact) mass is 401 g/mol.